The molecular weight excluding hydrogens is 220 g/mol. The lowest BCUT2D eigenvalue weighted by Crippen LogP contribution is -2.18. The minimum absolute atomic E-state index is 0.0688. The molecule has 84 valence electrons. The lowest BCUT2D eigenvalue weighted by atomic mass is 10.1. The van der Waals surface area contributed by atoms with E-state index in [1.807, 2.05) is 0 Å². The number of hydrogen-bond donors (Lipinski definition) is 1. The van der Waals surface area contributed by atoms with E-state index in [4.69, 9.17) is 15.7 Å². The predicted octanol–water partition coefficient (Wildman–Crippen LogP) is 0.998. The van der Waals surface area contributed by atoms with Gasteiger partial charge in [0, 0.05) is 0 Å². The molecule has 1 heterocycles. The van der Waals surface area contributed by atoms with Crippen molar-refractivity contribution in [2.45, 2.75) is 6.43 Å². The molecule has 0 spiro atoms. The average Bonchev–Trinajstić information content (AvgIpc) is 2.26. The van der Waals surface area contributed by atoms with Gasteiger partial charge >= 0.3 is 0 Å². The van der Waals surface area contributed by atoms with Crippen LogP contribution in [0, 0.1) is 11.3 Å². The minimum Gasteiger partial charge on any atom is -0.494 e. The van der Waals surface area contributed by atoms with Gasteiger partial charge in [0.2, 0.25) is 0 Å². The fraction of sp³-hybridized carbons (Fsp3) is 0.222. The Hall–Kier alpha value is -2.23. The number of pyridine rings is 1. The molecule has 1 aromatic rings. The van der Waals surface area contributed by atoms with Crippen LogP contribution in [0.2, 0.25) is 0 Å². The lowest BCUT2D eigenvalue weighted by molar-refractivity contribution is 0.0982. The van der Waals surface area contributed by atoms with E-state index in [0.29, 0.717) is 0 Å². The zero-order valence-corrected chi connectivity index (χ0v) is 8.20. The third kappa shape index (κ3) is 1.91. The number of amides is 1. The van der Waals surface area contributed by atoms with Crippen molar-refractivity contribution in [2.75, 3.05) is 7.11 Å². The monoisotopic (exact) mass is 227 g/mol. The maximum absolute atomic E-state index is 12.5. The van der Waals surface area contributed by atoms with E-state index >= 15 is 0 Å². The number of nitriles is 1. The maximum atomic E-state index is 12.5. The van der Waals surface area contributed by atoms with Gasteiger partial charge in [0.1, 0.15) is 17.3 Å². The number of carbonyl (C=O) groups is 1. The summed E-state index contributed by atoms with van der Waals surface area (Å²) in [5.41, 5.74) is 3.19. The van der Waals surface area contributed by atoms with Crippen LogP contribution < -0.4 is 10.5 Å². The molecule has 0 saturated heterocycles. The SMILES string of the molecule is COc1cnc(C(F)F)c(C(N)=O)c1C#N. The Morgan fingerprint density at radius 1 is 1.69 bits per heavy atom. The third-order valence-corrected chi connectivity index (χ3v) is 1.86. The Labute approximate surface area is 89.4 Å². The quantitative estimate of drug-likeness (QED) is 0.834. The smallest absolute Gasteiger partial charge is 0.281 e. The summed E-state index contributed by atoms with van der Waals surface area (Å²) in [6.45, 7) is 0. The first-order valence-electron chi connectivity index (χ1n) is 4.07. The molecular formula is C9H7F2N3O2. The molecule has 0 aliphatic rings. The molecule has 0 unspecified atom stereocenters. The average molecular weight is 227 g/mol. The van der Waals surface area contributed by atoms with E-state index in [-0.39, 0.29) is 11.3 Å². The van der Waals surface area contributed by atoms with Crippen LogP contribution in [0.15, 0.2) is 6.20 Å². The van der Waals surface area contributed by atoms with Gasteiger partial charge in [0.15, 0.2) is 5.75 Å². The largest absolute Gasteiger partial charge is 0.494 e. The van der Waals surface area contributed by atoms with E-state index in [2.05, 4.69) is 4.98 Å². The topological polar surface area (TPSA) is 89.0 Å². The minimum atomic E-state index is -2.99. The standard InChI is InChI=1S/C9H7F2N3O2/c1-16-5-3-14-7(8(10)11)6(9(13)15)4(5)2-12/h3,8H,1H3,(H2,13,15). The van der Waals surface area contributed by atoms with Gasteiger partial charge in [-0.25, -0.2) is 8.78 Å². The molecule has 0 aliphatic heterocycles. The zero-order valence-electron chi connectivity index (χ0n) is 8.20. The van der Waals surface area contributed by atoms with Gasteiger partial charge in [-0.1, -0.05) is 0 Å². The maximum Gasteiger partial charge on any atom is 0.281 e. The van der Waals surface area contributed by atoms with Crippen molar-refractivity contribution in [3.8, 4) is 11.8 Å². The Bertz CT molecular complexity index is 469. The number of ether oxygens (including phenoxy) is 1. The van der Waals surface area contributed by atoms with Crippen molar-refractivity contribution < 1.29 is 18.3 Å². The lowest BCUT2D eigenvalue weighted by Gasteiger charge is -2.09. The van der Waals surface area contributed by atoms with Crippen molar-refractivity contribution in [1.29, 1.82) is 5.26 Å². The molecule has 7 heteroatoms. The molecule has 0 saturated carbocycles. The first-order valence-corrected chi connectivity index (χ1v) is 4.07. The molecule has 1 amide bonds. The molecule has 1 aromatic heterocycles. The van der Waals surface area contributed by atoms with Crippen molar-refractivity contribution in [3.05, 3.63) is 23.0 Å². The van der Waals surface area contributed by atoms with E-state index in [1.165, 1.54) is 7.11 Å². The second-order valence-corrected chi connectivity index (χ2v) is 2.74. The second-order valence-electron chi connectivity index (χ2n) is 2.74. The van der Waals surface area contributed by atoms with Crippen LogP contribution in [-0.2, 0) is 0 Å². The van der Waals surface area contributed by atoms with E-state index < -0.39 is 23.6 Å². The van der Waals surface area contributed by atoms with Crippen LogP contribution in [0.5, 0.6) is 5.75 Å². The van der Waals surface area contributed by atoms with Crippen molar-refractivity contribution in [3.63, 3.8) is 0 Å². The Kier molecular flexibility index (Phi) is 3.35. The van der Waals surface area contributed by atoms with Crippen LogP contribution in [0.4, 0.5) is 8.78 Å². The van der Waals surface area contributed by atoms with Gasteiger partial charge in [-0.2, -0.15) is 5.26 Å². The van der Waals surface area contributed by atoms with E-state index in [1.54, 1.807) is 6.07 Å². The number of alkyl halides is 2. The summed E-state index contributed by atoms with van der Waals surface area (Å²) >= 11 is 0. The summed E-state index contributed by atoms with van der Waals surface area (Å²) < 4.78 is 29.8. The summed E-state index contributed by atoms with van der Waals surface area (Å²) in [6, 6.07) is 1.59. The summed E-state index contributed by atoms with van der Waals surface area (Å²) in [6.07, 6.45) is -2.03. The highest BCUT2D eigenvalue weighted by atomic mass is 19.3. The van der Waals surface area contributed by atoms with Gasteiger partial charge in [0.25, 0.3) is 12.3 Å². The Balaban J connectivity index is 3.59. The molecule has 0 fully saturated rings. The molecule has 16 heavy (non-hydrogen) atoms. The predicted molar refractivity (Wildman–Crippen MR) is 49.0 cm³/mol. The molecule has 0 aliphatic carbocycles. The summed E-state index contributed by atoms with van der Waals surface area (Å²) in [5.74, 6) is -1.21. The second kappa shape index (κ2) is 4.53. The fourth-order valence-corrected chi connectivity index (χ4v) is 1.19. The van der Waals surface area contributed by atoms with Crippen LogP contribution in [0.3, 0.4) is 0 Å². The summed E-state index contributed by atoms with van der Waals surface area (Å²) in [7, 11) is 1.23. The van der Waals surface area contributed by atoms with Gasteiger partial charge in [0.05, 0.1) is 18.9 Å². The number of aromatic nitrogens is 1. The summed E-state index contributed by atoms with van der Waals surface area (Å²) in [5, 5.41) is 8.78. The van der Waals surface area contributed by atoms with Gasteiger partial charge in [-0.15, -0.1) is 0 Å². The number of nitrogens with two attached hydrogens (primary N) is 1. The van der Waals surface area contributed by atoms with Crippen molar-refractivity contribution >= 4 is 5.91 Å². The van der Waals surface area contributed by atoms with Gasteiger partial charge in [-0.05, 0) is 0 Å². The Morgan fingerprint density at radius 2 is 2.31 bits per heavy atom. The van der Waals surface area contributed by atoms with Gasteiger partial charge < -0.3 is 10.5 Å². The highest BCUT2D eigenvalue weighted by molar-refractivity contribution is 5.97. The van der Waals surface area contributed by atoms with Crippen LogP contribution >= 0.6 is 0 Å². The number of primary amides is 1. The van der Waals surface area contributed by atoms with Gasteiger partial charge in [-0.3, -0.25) is 9.78 Å². The number of methoxy groups -OCH3 is 1. The van der Waals surface area contributed by atoms with Crippen molar-refractivity contribution in [1.82, 2.24) is 4.98 Å². The van der Waals surface area contributed by atoms with Crippen LogP contribution in [-0.4, -0.2) is 18.0 Å². The molecule has 0 atom stereocenters. The molecule has 5 nitrogen and oxygen atoms in total. The molecule has 1 rings (SSSR count). The number of hydrogen-bond acceptors (Lipinski definition) is 4. The van der Waals surface area contributed by atoms with E-state index in [9.17, 15) is 13.6 Å². The molecule has 0 bridgehead atoms. The highest BCUT2D eigenvalue weighted by Gasteiger charge is 2.24. The summed E-state index contributed by atoms with van der Waals surface area (Å²) in [4.78, 5) is 14.4. The first-order chi connectivity index (χ1) is 7.52. The number of nitrogens with zero attached hydrogens (tertiary/aromatic N) is 2. The number of halogens is 2. The normalized spacial score (nSPS) is 9.94. The number of carbonyl (C=O) groups excluding carboxylic acids is 1. The van der Waals surface area contributed by atoms with Crippen molar-refractivity contribution in [2.24, 2.45) is 5.73 Å². The third-order valence-electron chi connectivity index (χ3n) is 1.86. The molecule has 0 aromatic carbocycles. The van der Waals surface area contributed by atoms with E-state index in [0.717, 1.165) is 6.20 Å². The number of rotatable bonds is 3. The molecule has 0 radical (unpaired) electrons. The first kappa shape index (κ1) is 11.8. The van der Waals surface area contributed by atoms with Crippen LogP contribution in [0.1, 0.15) is 28.0 Å². The zero-order chi connectivity index (χ0) is 12.3. The highest BCUT2D eigenvalue weighted by Crippen LogP contribution is 2.28. The van der Waals surface area contributed by atoms with Crippen LogP contribution in [0.25, 0.3) is 0 Å². The fourth-order valence-electron chi connectivity index (χ4n) is 1.19. The Morgan fingerprint density at radius 3 is 2.69 bits per heavy atom. The molecule has 2 N–H and O–H groups in total.